The molecule has 3 unspecified atom stereocenters. The van der Waals surface area contributed by atoms with E-state index in [9.17, 15) is 28.9 Å². The Morgan fingerprint density at radius 1 is 0.354 bits per heavy atom. The Bertz CT molecular complexity index is 1790. The lowest BCUT2D eigenvalue weighted by molar-refractivity contribution is -0.161. The van der Waals surface area contributed by atoms with E-state index < -0.39 is 57.8 Å². The van der Waals surface area contributed by atoms with Gasteiger partial charge in [-0.05, 0) is 122 Å². The predicted molar refractivity (Wildman–Crippen MR) is 343 cm³/mol. The van der Waals surface area contributed by atoms with Crippen molar-refractivity contribution in [3.8, 4) is 0 Å². The third-order valence-electron chi connectivity index (χ3n) is 13.7. The molecule has 0 heterocycles. The molecule has 0 radical (unpaired) electrons. The summed E-state index contributed by atoms with van der Waals surface area (Å²) >= 11 is 0. The minimum Gasteiger partial charge on any atom is -0.462 e. The quantitative estimate of drug-likeness (QED) is 0.0197. The average molecular weight is 1170 g/mol. The number of hydrogen-bond acceptors (Lipinski definition) is 10. The largest absolute Gasteiger partial charge is 0.472 e. The highest BCUT2D eigenvalue weighted by Crippen LogP contribution is 2.43. The molecule has 0 aromatic rings. The van der Waals surface area contributed by atoms with Gasteiger partial charge in [0.1, 0.15) is 12.7 Å². The molecular formula is C70H119O11P. The summed E-state index contributed by atoms with van der Waals surface area (Å²) in [5.74, 6) is -1.51. The predicted octanol–water partition coefficient (Wildman–Crippen LogP) is 20.1. The molecular weight excluding hydrogens is 1050 g/mol. The van der Waals surface area contributed by atoms with Gasteiger partial charge in [0.2, 0.25) is 0 Å². The Labute approximate surface area is 501 Å². The number of phosphoric ester groups is 1. The number of aliphatic hydroxyl groups is 1. The second-order valence-electron chi connectivity index (χ2n) is 21.5. The molecule has 0 aliphatic rings. The SMILES string of the molecule is CC/C=C\C/C=C\C/C=C\C/C=C\C/C=C\CCCCCC(=O)OC(COC(=O)CCCCCCCCCCC/C=C\CCCCCCCC)COP(=O)(O)OCC(CO)OC(=O)CCCCCCCCC/C=C\C/C=C\C/C=C\CC. The van der Waals surface area contributed by atoms with Gasteiger partial charge < -0.3 is 24.2 Å². The fourth-order valence-electron chi connectivity index (χ4n) is 8.75. The second-order valence-corrected chi connectivity index (χ2v) is 23.0. The molecule has 0 aliphatic carbocycles. The van der Waals surface area contributed by atoms with E-state index in [1.54, 1.807) is 0 Å². The summed E-state index contributed by atoms with van der Waals surface area (Å²) in [6, 6.07) is 0. The molecule has 0 spiro atoms. The van der Waals surface area contributed by atoms with Crippen LogP contribution < -0.4 is 0 Å². The minimum absolute atomic E-state index is 0.123. The van der Waals surface area contributed by atoms with Gasteiger partial charge in [0.05, 0.1) is 19.8 Å². The van der Waals surface area contributed by atoms with Gasteiger partial charge in [-0.15, -0.1) is 0 Å². The number of ether oxygens (including phenoxy) is 3. The Morgan fingerprint density at radius 3 is 1.00 bits per heavy atom. The van der Waals surface area contributed by atoms with Gasteiger partial charge in [-0.25, -0.2) is 4.57 Å². The summed E-state index contributed by atoms with van der Waals surface area (Å²) in [6.07, 6.45) is 77.5. The van der Waals surface area contributed by atoms with Crippen LogP contribution in [0.5, 0.6) is 0 Å². The minimum atomic E-state index is -4.77. The Kier molecular flexibility index (Phi) is 60.2. The summed E-state index contributed by atoms with van der Waals surface area (Å²) in [6.45, 7) is 4.39. The maximum atomic E-state index is 13.0. The zero-order valence-corrected chi connectivity index (χ0v) is 53.1. The van der Waals surface area contributed by atoms with Gasteiger partial charge >= 0.3 is 25.7 Å². The van der Waals surface area contributed by atoms with Crippen LogP contribution in [0.1, 0.15) is 278 Å². The third kappa shape index (κ3) is 60.7. The van der Waals surface area contributed by atoms with E-state index >= 15 is 0 Å². The molecule has 12 heteroatoms. The first kappa shape index (κ1) is 78.1. The maximum Gasteiger partial charge on any atom is 0.472 e. The van der Waals surface area contributed by atoms with E-state index in [0.717, 1.165) is 122 Å². The molecule has 0 saturated carbocycles. The molecule has 0 amide bonds. The normalized spacial score (nSPS) is 14.0. The maximum absolute atomic E-state index is 13.0. The highest BCUT2D eigenvalue weighted by Gasteiger charge is 2.28. The number of phosphoric acid groups is 1. The summed E-state index contributed by atoms with van der Waals surface area (Å²) in [5, 5.41) is 9.86. The van der Waals surface area contributed by atoms with Gasteiger partial charge in [0.15, 0.2) is 6.10 Å². The average Bonchev–Trinajstić information content (AvgIpc) is 3.50. The Balaban J connectivity index is 4.77. The van der Waals surface area contributed by atoms with Crippen LogP contribution >= 0.6 is 7.82 Å². The van der Waals surface area contributed by atoms with E-state index in [-0.39, 0.29) is 25.9 Å². The monoisotopic (exact) mass is 1170 g/mol. The van der Waals surface area contributed by atoms with Crippen molar-refractivity contribution in [2.45, 2.75) is 290 Å². The fourth-order valence-corrected chi connectivity index (χ4v) is 9.53. The van der Waals surface area contributed by atoms with Crippen molar-refractivity contribution in [2.24, 2.45) is 0 Å². The molecule has 2 N–H and O–H groups in total. The number of allylic oxidation sites excluding steroid dienone is 18. The van der Waals surface area contributed by atoms with Crippen molar-refractivity contribution in [2.75, 3.05) is 26.4 Å². The lowest BCUT2D eigenvalue weighted by Crippen LogP contribution is -2.30. The van der Waals surface area contributed by atoms with Gasteiger partial charge in [-0.3, -0.25) is 23.4 Å². The van der Waals surface area contributed by atoms with Gasteiger partial charge in [-0.1, -0.05) is 246 Å². The van der Waals surface area contributed by atoms with Gasteiger partial charge in [0.25, 0.3) is 0 Å². The molecule has 0 saturated heterocycles. The number of carbonyl (C=O) groups is 3. The van der Waals surface area contributed by atoms with E-state index in [4.69, 9.17) is 23.3 Å². The van der Waals surface area contributed by atoms with Crippen LogP contribution in [0.4, 0.5) is 0 Å². The zero-order chi connectivity index (χ0) is 59.8. The Hall–Kier alpha value is -3.86. The standard InChI is InChI=1S/C70H119O11P/c1-4-7-10-13-16-19-22-25-28-31-33-36-38-41-44-47-50-53-56-59-68(72)77-63-67(81-70(74)61-58-55-52-49-46-43-40-37-34-32-29-26-23-20-17-14-11-8-5-2)65-79-82(75,76)78-64-66(62-71)80-69(73)60-57-54-51-48-45-42-39-35-30-27-24-21-18-15-12-9-6-3/h8-9,11-12,17-18,20-21,25-30,34,37,43,46,66-67,71H,4-7,10,13-16,19,22-24,31-33,35-36,38-42,44-45,47-65H2,1-3H3,(H,75,76)/b11-8-,12-9-,20-17-,21-18-,28-25-,29-26-,30-27-,37-34-,46-43-. The molecule has 0 aliphatic heterocycles. The molecule has 11 nitrogen and oxygen atoms in total. The molecule has 0 fully saturated rings. The van der Waals surface area contributed by atoms with Crippen LogP contribution in [-0.4, -0.2) is 66.5 Å². The van der Waals surface area contributed by atoms with Crippen LogP contribution in [0.25, 0.3) is 0 Å². The van der Waals surface area contributed by atoms with Crippen molar-refractivity contribution in [3.63, 3.8) is 0 Å². The van der Waals surface area contributed by atoms with Crippen LogP contribution in [0.3, 0.4) is 0 Å². The zero-order valence-electron chi connectivity index (χ0n) is 52.2. The van der Waals surface area contributed by atoms with Gasteiger partial charge in [0, 0.05) is 19.3 Å². The smallest absolute Gasteiger partial charge is 0.462 e. The number of unbranched alkanes of at least 4 members (excludes halogenated alkanes) is 25. The molecule has 0 rings (SSSR count). The van der Waals surface area contributed by atoms with E-state index in [1.165, 1.54) is 96.3 Å². The fraction of sp³-hybridized carbons (Fsp3) is 0.700. The number of hydrogen-bond donors (Lipinski definition) is 2. The van der Waals surface area contributed by atoms with Crippen LogP contribution in [0.2, 0.25) is 0 Å². The van der Waals surface area contributed by atoms with Crippen molar-refractivity contribution < 1.29 is 52.2 Å². The molecule has 0 aromatic carbocycles. The first-order chi connectivity index (χ1) is 40.2. The van der Waals surface area contributed by atoms with E-state index in [1.807, 2.05) is 0 Å². The van der Waals surface area contributed by atoms with Crippen molar-refractivity contribution >= 4 is 25.7 Å². The molecule has 82 heavy (non-hydrogen) atoms. The number of aliphatic hydroxyl groups excluding tert-OH is 1. The van der Waals surface area contributed by atoms with Crippen LogP contribution in [-0.2, 0) is 42.2 Å². The van der Waals surface area contributed by atoms with Crippen LogP contribution in [0, 0.1) is 0 Å². The van der Waals surface area contributed by atoms with E-state index in [0.29, 0.717) is 19.3 Å². The molecule has 470 valence electrons. The van der Waals surface area contributed by atoms with Crippen LogP contribution in [0.15, 0.2) is 109 Å². The summed E-state index contributed by atoms with van der Waals surface area (Å²) < 4.78 is 39.7. The molecule has 0 aromatic heterocycles. The first-order valence-electron chi connectivity index (χ1n) is 32.8. The number of rotatable bonds is 60. The topological polar surface area (TPSA) is 155 Å². The molecule has 3 atom stereocenters. The first-order valence-corrected chi connectivity index (χ1v) is 34.3. The van der Waals surface area contributed by atoms with E-state index in [2.05, 4.69) is 130 Å². The van der Waals surface area contributed by atoms with Crippen molar-refractivity contribution in [1.29, 1.82) is 0 Å². The second kappa shape index (κ2) is 63.2. The summed E-state index contributed by atoms with van der Waals surface area (Å²) in [4.78, 5) is 48.8. The lowest BCUT2D eigenvalue weighted by atomic mass is 10.1. The summed E-state index contributed by atoms with van der Waals surface area (Å²) in [5.41, 5.74) is 0. The third-order valence-corrected chi connectivity index (χ3v) is 14.6. The lowest BCUT2D eigenvalue weighted by Gasteiger charge is -2.21. The van der Waals surface area contributed by atoms with Crippen molar-refractivity contribution in [1.82, 2.24) is 0 Å². The summed E-state index contributed by atoms with van der Waals surface area (Å²) in [7, 11) is -4.77. The highest BCUT2D eigenvalue weighted by molar-refractivity contribution is 7.47. The van der Waals surface area contributed by atoms with Gasteiger partial charge in [-0.2, -0.15) is 0 Å². The number of esters is 3. The number of carbonyl (C=O) groups excluding carboxylic acids is 3. The highest BCUT2D eigenvalue weighted by atomic mass is 31.2. The Morgan fingerprint density at radius 2 is 0.634 bits per heavy atom. The van der Waals surface area contributed by atoms with Crippen molar-refractivity contribution in [3.05, 3.63) is 109 Å². The molecule has 0 bridgehead atoms.